The molecule has 0 aromatic heterocycles. The Morgan fingerprint density at radius 1 is 1.43 bits per heavy atom. The second-order valence-corrected chi connectivity index (χ2v) is 5.58. The number of aliphatic hydroxyl groups excluding tert-OH is 1. The highest BCUT2D eigenvalue weighted by Gasteiger charge is 2.19. The Morgan fingerprint density at radius 2 is 2.29 bits per heavy atom. The highest BCUT2D eigenvalue weighted by atomic mass is 19.1. The van der Waals surface area contributed by atoms with E-state index in [-0.39, 0.29) is 19.0 Å². The van der Waals surface area contributed by atoms with Crippen molar-refractivity contribution in [2.45, 2.75) is 25.8 Å². The monoisotopic (exact) mass is 290 g/mol. The van der Waals surface area contributed by atoms with E-state index < -0.39 is 0 Å². The van der Waals surface area contributed by atoms with Gasteiger partial charge in [-0.1, -0.05) is 17.9 Å². The SMILES string of the molecule is NCC#Cc1cc(CN2CCCC(CCO)C2)ccc1F. The fraction of sp³-hybridized carbons (Fsp3) is 0.529. The summed E-state index contributed by atoms with van der Waals surface area (Å²) in [5.41, 5.74) is 6.82. The molecule has 0 bridgehead atoms. The molecule has 1 aliphatic rings. The average Bonchev–Trinajstić information content (AvgIpc) is 2.48. The van der Waals surface area contributed by atoms with E-state index >= 15 is 0 Å². The molecule has 21 heavy (non-hydrogen) atoms. The predicted molar refractivity (Wildman–Crippen MR) is 82.0 cm³/mol. The fourth-order valence-electron chi connectivity index (χ4n) is 2.88. The molecule has 0 saturated carbocycles. The molecule has 1 fully saturated rings. The molecule has 0 amide bonds. The Balaban J connectivity index is 2.02. The molecule has 2 rings (SSSR count). The van der Waals surface area contributed by atoms with Crippen molar-refractivity contribution in [3.63, 3.8) is 0 Å². The number of nitrogens with two attached hydrogens (primary N) is 1. The smallest absolute Gasteiger partial charge is 0.138 e. The van der Waals surface area contributed by atoms with E-state index in [0.29, 0.717) is 11.5 Å². The van der Waals surface area contributed by atoms with Crippen LogP contribution in [-0.4, -0.2) is 36.2 Å². The molecule has 3 N–H and O–H groups in total. The molecule has 0 radical (unpaired) electrons. The van der Waals surface area contributed by atoms with E-state index in [2.05, 4.69) is 16.7 Å². The normalized spacial score (nSPS) is 19.1. The molecule has 1 atom stereocenters. The van der Waals surface area contributed by atoms with Crippen LogP contribution < -0.4 is 5.73 Å². The number of hydrogen-bond acceptors (Lipinski definition) is 3. The maximum absolute atomic E-state index is 13.6. The lowest BCUT2D eigenvalue weighted by Crippen LogP contribution is -2.35. The third kappa shape index (κ3) is 4.82. The van der Waals surface area contributed by atoms with Crippen molar-refractivity contribution in [1.29, 1.82) is 0 Å². The summed E-state index contributed by atoms with van der Waals surface area (Å²) in [5.74, 6) is 5.75. The van der Waals surface area contributed by atoms with Gasteiger partial charge in [-0.3, -0.25) is 4.90 Å². The minimum absolute atomic E-state index is 0.235. The van der Waals surface area contributed by atoms with Gasteiger partial charge in [0.1, 0.15) is 5.82 Å². The summed E-state index contributed by atoms with van der Waals surface area (Å²) in [6.07, 6.45) is 3.21. The standard InChI is InChI=1S/C17H23FN2O/c18-17-6-5-15(11-16(17)4-1-8-19)13-20-9-2-3-14(12-20)7-10-21/h5-6,11,14,21H,2-3,7-10,12-13,19H2. The molecule has 1 aromatic rings. The zero-order chi connectivity index (χ0) is 15.1. The largest absolute Gasteiger partial charge is 0.396 e. The van der Waals surface area contributed by atoms with Crippen molar-refractivity contribution >= 4 is 0 Å². The number of benzene rings is 1. The second-order valence-electron chi connectivity index (χ2n) is 5.58. The van der Waals surface area contributed by atoms with Gasteiger partial charge in [-0.05, 0) is 49.4 Å². The molecule has 1 aliphatic heterocycles. The van der Waals surface area contributed by atoms with Crippen molar-refractivity contribution < 1.29 is 9.50 Å². The molecular weight excluding hydrogens is 267 g/mol. The molecule has 114 valence electrons. The van der Waals surface area contributed by atoms with Gasteiger partial charge in [0.05, 0.1) is 12.1 Å². The van der Waals surface area contributed by atoms with Gasteiger partial charge >= 0.3 is 0 Å². The van der Waals surface area contributed by atoms with Crippen LogP contribution in [0.5, 0.6) is 0 Å². The van der Waals surface area contributed by atoms with Gasteiger partial charge in [-0.15, -0.1) is 0 Å². The summed E-state index contributed by atoms with van der Waals surface area (Å²) in [6, 6.07) is 5.11. The van der Waals surface area contributed by atoms with Crippen LogP contribution in [-0.2, 0) is 6.54 Å². The van der Waals surface area contributed by atoms with Crippen molar-refractivity contribution in [3.8, 4) is 11.8 Å². The summed E-state index contributed by atoms with van der Waals surface area (Å²) in [7, 11) is 0. The Morgan fingerprint density at radius 3 is 3.05 bits per heavy atom. The molecule has 1 unspecified atom stereocenters. The lowest BCUT2D eigenvalue weighted by molar-refractivity contribution is 0.142. The fourth-order valence-corrected chi connectivity index (χ4v) is 2.88. The first-order valence-corrected chi connectivity index (χ1v) is 7.53. The minimum atomic E-state index is -0.295. The third-order valence-electron chi connectivity index (χ3n) is 3.90. The van der Waals surface area contributed by atoms with Crippen LogP contribution in [0.4, 0.5) is 4.39 Å². The number of hydrogen-bond donors (Lipinski definition) is 2. The Hall–Kier alpha value is -1.41. The van der Waals surface area contributed by atoms with Crippen LogP contribution in [0.25, 0.3) is 0 Å². The van der Waals surface area contributed by atoms with Crippen LogP contribution in [0.15, 0.2) is 18.2 Å². The minimum Gasteiger partial charge on any atom is -0.396 e. The number of piperidine rings is 1. The molecule has 1 heterocycles. The first-order chi connectivity index (χ1) is 10.2. The molecular formula is C17H23FN2O. The third-order valence-corrected chi connectivity index (χ3v) is 3.90. The van der Waals surface area contributed by atoms with Gasteiger partial charge < -0.3 is 10.8 Å². The van der Waals surface area contributed by atoms with Gasteiger partial charge in [0.2, 0.25) is 0 Å². The van der Waals surface area contributed by atoms with Crippen LogP contribution in [0.1, 0.15) is 30.4 Å². The molecule has 0 spiro atoms. The molecule has 4 heteroatoms. The first-order valence-electron chi connectivity index (χ1n) is 7.53. The van der Waals surface area contributed by atoms with Gasteiger partial charge in [-0.2, -0.15) is 0 Å². The van der Waals surface area contributed by atoms with Crippen molar-refractivity contribution in [1.82, 2.24) is 4.90 Å². The Bertz CT molecular complexity index is 519. The van der Waals surface area contributed by atoms with Crippen molar-refractivity contribution in [2.24, 2.45) is 11.7 Å². The second kappa shape index (κ2) is 8.14. The van der Waals surface area contributed by atoms with Gasteiger partial charge in [-0.25, -0.2) is 4.39 Å². The van der Waals surface area contributed by atoms with E-state index in [1.807, 2.05) is 12.1 Å². The number of rotatable bonds is 4. The lowest BCUT2D eigenvalue weighted by atomic mass is 9.95. The highest BCUT2D eigenvalue weighted by molar-refractivity contribution is 5.38. The van der Waals surface area contributed by atoms with Crippen LogP contribution in [0.3, 0.4) is 0 Å². The summed E-state index contributed by atoms with van der Waals surface area (Å²) in [4.78, 5) is 2.37. The van der Waals surface area contributed by atoms with Gasteiger partial charge in [0.15, 0.2) is 0 Å². The van der Waals surface area contributed by atoms with Crippen LogP contribution in [0.2, 0.25) is 0 Å². The number of halogens is 1. The number of nitrogens with zero attached hydrogens (tertiary/aromatic N) is 1. The summed E-state index contributed by atoms with van der Waals surface area (Å²) in [5, 5.41) is 9.06. The predicted octanol–water partition coefficient (Wildman–Crippen LogP) is 1.73. The highest BCUT2D eigenvalue weighted by Crippen LogP contribution is 2.21. The zero-order valence-corrected chi connectivity index (χ0v) is 12.3. The van der Waals surface area contributed by atoms with E-state index in [0.717, 1.165) is 38.0 Å². The maximum Gasteiger partial charge on any atom is 0.138 e. The number of likely N-dealkylation sites (tertiary alicyclic amines) is 1. The molecule has 0 aliphatic carbocycles. The van der Waals surface area contributed by atoms with E-state index in [1.165, 1.54) is 12.5 Å². The van der Waals surface area contributed by atoms with E-state index in [4.69, 9.17) is 10.8 Å². The van der Waals surface area contributed by atoms with Crippen molar-refractivity contribution in [3.05, 3.63) is 35.1 Å². The topological polar surface area (TPSA) is 49.5 Å². The van der Waals surface area contributed by atoms with Gasteiger partial charge in [0, 0.05) is 19.7 Å². The van der Waals surface area contributed by atoms with Gasteiger partial charge in [0.25, 0.3) is 0 Å². The van der Waals surface area contributed by atoms with Crippen LogP contribution in [0, 0.1) is 23.6 Å². The zero-order valence-electron chi connectivity index (χ0n) is 12.3. The van der Waals surface area contributed by atoms with E-state index in [1.54, 1.807) is 0 Å². The Labute approximate surface area is 125 Å². The summed E-state index contributed by atoms with van der Waals surface area (Å²) >= 11 is 0. The number of aliphatic hydroxyl groups is 1. The first kappa shape index (κ1) is 16.0. The lowest BCUT2D eigenvalue weighted by Gasteiger charge is -2.32. The molecule has 1 aromatic carbocycles. The molecule has 1 saturated heterocycles. The van der Waals surface area contributed by atoms with Crippen molar-refractivity contribution in [2.75, 3.05) is 26.2 Å². The molecule has 3 nitrogen and oxygen atoms in total. The average molecular weight is 290 g/mol. The van der Waals surface area contributed by atoms with Crippen LogP contribution >= 0.6 is 0 Å². The quantitative estimate of drug-likeness (QED) is 0.830. The summed E-state index contributed by atoms with van der Waals surface area (Å²) < 4.78 is 13.6. The van der Waals surface area contributed by atoms with E-state index in [9.17, 15) is 4.39 Å². The maximum atomic E-state index is 13.6. The summed E-state index contributed by atoms with van der Waals surface area (Å²) in [6.45, 7) is 3.36. The Kier molecular flexibility index (Phi) is 6.19.